The molecule has 3 heterocycles. The van der Waals surface area contributed by atoms with E-state index in [0.717, 1.165) is 17.5 Å². The van der Waals surface area contributed by atoms with Gasteiger partial charge in [0.2, 0.25) is 0 Å². The number of aromatic nitrogens is 4. The fourth-order valence-electron chi connectivity index (χ4n) is 3.52. The minimum absolute atomic E-state index is 0.152. The van der Waals surface area contributed by atoms with Crippen molar-refractivity contribution in [1.82, 2.24) is 24.6 Å². The number of nitrogens with zero attached hydrogens (tertiary/aromatic N) is 4. The summed E-state index contributed by atoms with van der Waals surface area (Å²) in [7, 11) is 0. The molecule has 3 aromatic rings. The first-order valence-corrected chi connectivity index (χ1v) is 10.4. The molecule has 0 bridgehead atoms. The predicted octanol–water partition coefficient (Wildman–Crippen LogP) is 2.47. The van der Waals surface area contributed by atoms with Gasteiger partial charge in [-0.15, -0.1) is 0 Å². The molecule has 0 spiro atoms. The van der Waals surface area contributed by atoms with Crippen LogP contribution in [0.4, 0.5) is 0 Å². The largest absolute Gasteiger partial charge is 0.348 e. The van der Waals surface area contributed by atoms with Crippen LogP contribution in [-0.2, 0) is 19.6 Å². The van der Waals surface area contributed by atoms with Crippen LogP contribution in [-0.4, -0.2) is 31.5 Å². The van der Waals surface area contributed by atoms with E-state index in [1.807, 2.05) is 42.1 Å². The van der Waals surface area contributed by atoms with E-state index < -0.39 is 0 Å². The molecule has 1 N–H and O–H groups in total. The molecule has 4 rings (SSSR count). The summed E-state index contributed by atoms with van der Waals surface area (Å²) < 4.78 is 3.51. The maximum absolute atomic E-state index is 13.0. The molecule has 0 radical (unpaired) electrons. The first kappa shape index (κ1) is 18.5. The number of carbonyl (C=O) groups is 1. The Morgan fingerprint density at radius 3 is 2.79 bits per heavy atom. The van der Waals surface area contributed by atoms with Crippen molar-refractivity contribution in [1.29, 1.82) is 0 Å². The van der Waals surface area contributed by atoms with E-state index >= 15 is 0 Å². The fourth-order valence-corrected chi connectivity index (χ4v) is 3.88. The number of carbonyl (C=O) groups excluding carboxylic acids is 1. The molecule has 0 saturated carbocycles. The van der Waals surface area contributed by atoms with Crippen molar-refractivity contribution in [3.8, 4) is 11.4 Å². The fraction of sp³-hybridized carbons (Fsp3) is 0.300. The minimum Gasteiger partial charge on any atom is -0.348 e. The van der Waals surface area contributed by atoms with Gasteiger partial charge in [0.1, 0.15) is 11.3 Å². The Morgan fingerprint density at radius 1 is 1.21 bits per heavy atom. The van der Waals surface area contributed by atoms with E-state index in [4.69, 9.17) is 0 Å². The van der Waals surface area contributed by atoms with Gasteiger partial charge in [-0.25, -0.2) is 14.6 Å². The van der Waals surface area contributed by atoms with Crippen LogP contribution in [0.1, 0.15) is 27.9 Å². The number of thioether (sulfide) groups is 1. The number of rotatable bonds is 5. The highest BCUT2D eigenvalue weighted by Gasteiger charge is 2.29. The zero-order valence-corrected chi connectivity index (χ0v) is 16.6. The minimum atomic E-state index is -0.373. The van der Waals surface area contributed by atoms with Gasteiger partial charge in [-0.3, -0.25) is 14.3 Å². The normalized spacial score (nSPS) is 12.8. The Morgan fingerprint density at radius 2 is 2.00 bits per heavy atom. The maximum atomic E-state index is 13.0. The summed E-state index contributed by atoms with van der Waals surface area (Å²) in [6, 6.07) is 9.62. The van der Waals surface area contributed by atoms with Crippen molar-refractivity contribution in [3.63, 3.8) is 0 Å². The monoisotopic (exact) mass is 395 g/mol. The van der Waals surface area contributed by atoms with E-state index in [9.17, 15) is 9.59 Å². The summed E-state index contributed by atoms with van der Waals surface area (Å²) in [6.45, 7) is 3.67. The van der Waals surface area contributed by atoms with Crippen molar-refractivity contribution in [2.75, 3.05) is 6.26 Å². The molecule has 0 aliphatic carbocycles. The summed E-state index contributed by atoms with van der Waals surface area (Å²) in [4.78, 5) is 34.7. The second kappa shape index (κ2) is 7.63. The van der Waals surface area contributed by atoms with Gasteiger partial charge in [0, 0.05) is 25.8 Å². The van der Waals surface area contributed by atoms with Crippen LogP contribution in [0.3, 0.4) is 0 Å². The molecule has 0 atom stereocenters. The number of nitrogens with one attached hydrogen (secondary N) is 1. The van der Waals surface area contributed by atoms with E-state index in [0.29, 0.717) is 36.2 Å². The SMILES string of the molecule is CSc1nccc(-c2c(C(=O)NCc3ccccc3C)c(=O)n3n2CCC3)n1. The predicted molar refractivity (Wildman–Crippen MR) is 108 cm³/mol. The standard InChI is InChI=1S/C20H21N5O2S/c1-13-6-3-4-7-14(13)12-22-18(26)16-17(15-8-9-21-20(23-15)28-2)24-10-5-11-25(24)19(16)27/h3-4,6-9H,5,10-12H2,1-2H3,(H,22,26). The quantitative estimate of drug-likeness (QED) is 0.530. The van der Waals surface area contributed by atoms with Crippen LogP contribution in [0, 0.1) is 6.92 Å². The van der Waals surface area contributed by atoms with Gasteiger partial charge in [0.05, 0.1) is 5.69 Å². The molecular formula is C20H21N5O2S. The van der Waals surface area contributed by atoms with Crippen molar-refractivity contribution >= 4 is 17.7 Å². The van der Waals surface area contributed by atoms with Gasteiger partial charge in [0.15, 0.2) is 5.16 Å². The lowest BCUT2D eigenvalue weighted by Gasteiger charge is -2.10. The van der Waals surface area contributed by atoms with Crippen molar-refractivity contribution in [2.45, 2.75) is 38.1 Å². The van der Waals surface area contributed by atoms with Crippen LogP contribution >= 0.6 is 11.8 Å². The highest BCUT2D eigenvalue weighted by Crippen LogP contribution is 2.25. The van der Waals surface area contributed by atoms with Gasteiger partial charge in [-0.2, -0.15) is 0 Å². The summed E-state index contributed by atoms with van der Waals surface area (Å²) in [5, 5.41) is 3.52. The molecule has 8 heteroatoms. The zero-order chi connectivity index (χ0) is 19.7. The van der Waals surface area contributed by atoms with Crippen molar-refractivity contribution in [2.24, 2.45) is 0 Å². The molecule has 7 nitrogen and oxygen atoms in total. The van der Waals surface area contributed by atoms with Gasteiger partial charge in [-0.05, 0) is 36.8 Å². The highest BCUT2D eigenvalue weighted by molar-refractivity contribution is 7.98. The summed E-state index contributed by atoms with van der Waals surface area (Å²) >= 11 is 1.42. The number of benzene rings is 1. The molecule has 0 fully saturated rings. The number of fused-ring (bicyclic) bond motifs is 1. The molecule has 1 aromatic carbocycles. The average molecular weight is 395 g/mol. The van der Waals surface area contributed by atoms with Crippen LogP contribution in [0.2, 0.25) is 0 Å². The molecule has 1 amide bonds. The first-order valence-electron chi connectivity index (χ1n) is 9.14. The number of hydrogen-bond donors (Lipinski definition) is 1. The summed E-state index contributed by atoms with van der Waals surface area (Å²) in [5.41, 5.74) is 3.18. The third kappa shape index (κ3) is 3.24. The highest BCUT2D eigenvalue weighted by atomic mass is 32.2. The Bertz CT molecular complexity index is 1100. The van der Waals surface area contributed by atoms with E-state index in [1.165, 1.54) is 11.8 Å². The smallest absolute Gasteiger partial charge is 0.280 e. The van der Waals surface area contributed by atoms with E-state index in [1.54, 1.807) is 16.9 Å². The Balaban J connectivity index is 1.73. The van der Waals surface area contributed by atoms with Crippen LogP contribution in [0.15, 0.2) is 46.5 Å². The second-order valence-corrected chi connectivity index (χ2v) is 7.44. The third-order valence-corrected chi connectivity index (χ3v) is 5.52. The molecule has 28 heavy (non-hydrogen) atoms. The summed E-state index contributed by atoms with van der Waals surface area (Å²) in [6.07, 6.45) is 4.42. The lowest BCUT2D eigenvalue weighted by Crippen LogP contribution is -2.30. The van der Waals surface area contributed by atoms with Crippen LogP contribution in [0.5, 0.6) is 0 Å². The topological polar surface area (TPSA) is 81.8 Å². The molecule has 0 saturated heterocycles. The lowest BCUT2D eigenvalue weighted by atomic mass is 10.1. The van der Waals surface area contributed by atoms with Gasteiger partial charge < -0.3 is 5.32 Å². The Labute approximate surface area is 166 Å². The molecule has 0 unspecified atom stereocenters. The van der Waals surface area contributed by atoms with E-state index in [-0.39, 0.29) is 17.0 Å². The molecule has 1 aliphatic rings. The van der Waals surface area contributed by atoms with Crippen LogP contribution in [0.25, 0.3) is 11.4 Å². The van der Waals surface area contributed by atoms with E-state index in [2.05, 4.69) is 15.3 Å². The molecular weight excluding hydrogens is 374 g/mol. The second-order valence-electron chi connectivity index (χ2n) is 6.67. The van der Waals surface area contributed by atoms with Crippen LogP contribution < -0.4 is 10.9 Å². The molecule has 144 valence electrons. The molecule has 2 aromatic heterocycles. The first-order chi connectivity index (χ1) is 13.6. The van der Waals surface area contributed by atoms with Gasteiger partial charge in [-0.1, -0.05) is 36.0 Å². The number of amides is 1. The number of aryl methyl sites for hydroxylation is 1. The van der Waals surface area contributed by atoms with Gasteiger partial charge >= 0.3 is 0 Å². The summed E-state index contributed by atoms with van der Waals surface area (Å²) in [5.74, 6) is -0.373. The average Bonchev–Trinajstić information content (AvgIpc) is 3.29. The van der Waals surface area contributed by atoms with Gasteiger partial charge in [0.25, 0.3) is 11.5 Å². The Kier molecular flexibility index (Phi) is 5.04. The maximum Gasteiger partial charge on any atom is 0.280 e. The zero-order valence-electron chi connectivity index (χ0n) is 15.8. The third-order valence-electron chi connectivity index (χ3n) is 4.96. The lowest BCUT2D eigenvalue weighted by molar-refractivity contribution is 0.0950. The van der Waals surface area contributed by atoms with Crippen molar-refractivity contribution < 1.29 is 4.79 Å². The Hall–Kier alpha value is -2.87. The van der Waals surface area contributed by atoms with Crippen molar-refractivity contribution in [3.05, 3.63) is 63.6 Å². The molecule has 1 aliphatic heterocycles. The number of hydrogen-bond acceptors (Lipinski definition) is 5.